The van der Waals surface area contributed by atoms with Gasteiger partial charge in [0.1, 0.15) is 5.82 Å². The number of benzene rings is 2. The molecule has 1 heterocycles. The summed E-state index contributed by atoms with van der Waals surface area (Å²) in [6, 6.07) is 6.01. The Morgan fingerprint density at radius 2 is 1.75 bits per heavy atom. The van der Waals surface area contributed by atoms with Crippen LogP contribution in [0.25, 0.3) is 11.1 Å². The van der Waals surface area contributed by atoms with Crippen LogP contribution in [-0.2, 0) is 0 Å². The summed E-state index contributed by atoms with van der Waals surface area (Å²) in [4.78, 5) is 0. The van der Waals surface area contributed by atoms with E-state index >= 15 is 0 Å². The minimum absolute atomic E-state index is 0.0491. The summed E-state index contributed by atoms with van der Waals surface area (Å²) >= 11 is 0. The number of hydrogen-bond acceptors (Lipinski definition) is 2. The summed E-state index contributed by atoms with van der Waals surface area (Å²) in [6.07, 6.45) is -2.04. The number of methoxy groups -OCH3 is 1. The quantitative estimate of drug-likeness (QED) is 0.775. The second-order valence-corrected chi connectivity index (χ2v) is 4.55. The van der Waals surface area contributed by atoms with Gasteiger partial charge in [0.15, 0.2) is 11.5 Å². The molecule has 0 aliphatic carbocycles. The first-order valence-electron chi connectivity index (χ1n) is 6.01. The Labute approximate surface area is 113 Å². The fraction of sp³-hybridized carbons (Fsp3) is 0.200. The van der Waals surface area contributed by atoms with Crippen LogP contribution in [-0.4, -0.2) is 7.11 Å². The van der Waals surface area contributed by atoms with Crippen molar-refractivity contribution in [3.8, 4) is 22.6 Å². The topological polar surface area (TPSA) is 18.5 Å². The Hall–Kier alpha value is -2.17. The highest BCUT2D eigenvalue weighted by molar-refractivity contribution is 5.77. The highest BCUT2D eigenvalue weighted by Gasteiger charge is 2.32. The number of aryl methyl sites for hydroxylation is 1. The van der Waals surface area contributed by atoms with Gasteiger partial charge in [-0.1, -0.05) is 12.1 Å². The molecule has 0 amide bonds. The van der Waals surface area contributed by atoms with Gasteiger partial charge in [-0.25, -0.2) is 4.39 Å². The van der Waals surface area contributed by atoms with Gasteiger partial charge in [0.2, 0.25) is 5.82 Å². The SMILES string of the molecule is COc1ccc2c(c1F)OC(F)c1c-2ccc(C)c1F. The van der Waals surface area contributed by atoms with Crippen LogP contribution in [0.5, 0.6) is 11.5 Å². The molecule has 0 N–H and O–H groups in total. The monoisotopic (exact) mass is 280 g/mol. The molecule has 1 atom stereocenters. The summed E-state index contributed by atoms with van der Waals surface area (Å²) < 4.78 is 51.9. The van der Waals surface area contributed by atoms with Crippen molar-refractivity contribution >= 4 is 0 Å². The molecule has 0 aromatic heterocycles. The number of hydrogen-bond donors (Lipinski definition) is 0. The summed E-state index contributed by atoms with van der Waals surface area (Å²) in [5, 5.41) is 0. The van der Waals surface area contributed by atoms with Crippen LogP contribution in [0.1, 0.15) is 17.5 Å². The predicted molar refractivity (Wildman–Crippen MR) is 67.6 cm³/mol. The van der Waals surface area contributed by atoms with Crippen LogP contribution in [0.15, 0.2) is 24.3 Å². The van der Waals surface area contributed by atoms with Crippen molar-refractivity contribution in [1.29, 1.82) is 0 Å². The van der Waals surface area contributed by atoms with Crippen LogP contribution in [0.4, 0.5) is 13.2 Å². The second-order valence-electron chi connectivity index (χ2n) is 4.55. The Kier molecular flexibility index (Phi) is 2.85. The van der Waals surface area contributed by atoms with Gasteiger partial charge < -0.3 is 9.47 Å². The highest BCUT2D eigenvalue weighted by Crippen LogP contribution is 2.47. The van der Waals surface area contributed by atoms with E-state index in [9.17, 15) is 13.2 Å². The number of rotatable bonds is 1. The lowest BCUT2D eigenvalue weighted by molar-refractivity contribution is 0.0562. The molecular formula is C15H11F3O2. The van der Waals surface area contributed by atoms with Gasteiger partial charge in [-0.05, 0) is 30.2 Å². The molecule has 2 nitrogen and oxygen atoms in total. The maximum atomic E-state index is 14.1. The lowest BCUT2D eigenvalue weighted by Gasteiger charge is -2.25. The normalized spacial score (nSPS) is 16.1. The minimum Gasteiger partial charge on any atom is -0.494 e. The van der Waals surface area contributed by atoms with Crippen molar-refractivity contribution in [2.75, 3.05) is 7.11 Å². The van der Waals surface area contributed by atoms with Crippen LogP contribution in [0.2, 0.25) is 0 Å². The van der Waals surface area contributed by atoms with E-state index in [-0.39, 0.29) is 17.1 Å². The van der Waals surface area contributed by atoms with Gasteiger partial charge in [0.25, 0.3) is 6.36 Å². The number of fused-ring (bicyclic) bond motifs is 3. The molecule has 2 aromatic carbocycles. The van der Waals surface area contributed by atoms with E-state index in [0.29, 0.717) is 16.7 Å². The average Bonchev–Trinajstić information content (AvgIpc) is 2.43. The highest BCUT2D eigenvalue weighted by atomic mass is 19.2. The molecule has 20 heavy (non-hydrogen) atoms. The Balaban J connectivity index is 2.31. The molecule has 0 saturated carbocycles. The largest absolute Gasteiger partial charge is 0.494 e. The van der Waals surface area contributed by atoms with E-state index < -0.39 is 18.0 Å². The van der Waals surface area contributed by atoms with Crippen LogP contribution in [0, 0.1) is 18.6 Å². The van der Waals surface area contributed by atoms with Crippen molar-refractivity contribution in [2.45, 2.75) is 13.3 Å². The van der Waals surface area contributed by atoms with Crippen LogP contribution in [0.3, 0.4) is 0 Å². The van der Waals surface area contributed by atoms with E-state index in [1.807, 2.05) is 0 Å². The third-order valence-corrected chi connectivity index (χ3v) is 3.39. The summed E-state index contributed by atoms with van der Waals surface area (Å²) in [5.74, 6) is -1.77. The molecule has 0 bridgehead atoms. The minimum atomic E-state index is -2.04. The third-order valence-electron chi connectivity index (χ3n) is 3.39. The van der Waals surface area contributed by atoms with Gasteiger partial charge >= 0.3 is 0 Å². The third kappa shape index (κ3) is 1.66. The molecule has 0 saturated heterocycles. The van der Waals surface area contributed by atoms with Crippen molar-refractivity contribution < 1.29 is 22.6 Å². The van der Waals surface area contributed by atoms with Gasteiger partial charge in [0.05, 0.1) is 12.7 Å². The van der Waals surface area contributed by atoms with Crippen LogP contribution < -0.4 is 9.47 Å². The van der Waals surface area contributed by atoms with E-state index in [1.165, 1.54) is 32.2 Å². The standard InChI is InChI=1S/C15H11F3O2/c1-7-3-4-8-9-5-6-10(19-2)13(17)14(9)20-15(18)11(8)12(7)16/h3-6,15H,1-2H3. The van der Waals surface area contributed by atoms with E-state index in [4.69, 9.17) is 9.47 Å². The Morgan fingerprint density at radius 3 is 2.45 bits per heavy atom. The number of ether oxygens (including phenoxy) is 2. The van der Waals surface area contributed by atoms with Crippen molar-refractivity contribution in [3.63, 3.8) is 0 Å². The number of alkyl halides is 1. The van der Waals surface area contributed by atoms with Crippen molar-refractivity contribution in [3.05, 3.63) is 47.0 Å². The predicted octanol–water partition coefficient (Wildman–Crippen LogP) is 4.31. The molecule has 2 aromatic rings. The molecule has 5 heteroatoms. The smallest absolute Gasteiger partial charge is 0.267 e. The summed E-state index contributed by atoms with van der Waals surface area (Å²) in [5.41, 5.74) is 0.726. The molecule has 1 aliphatic rings. The van der Waals surface area contributed by atoms with Crippen LogP contribution >= 0.6 is 0 Å². The molecule has 1 unspecified atom stereocenters. The van der Waals surface area contributed by atoms with Crippen molar-refractivity contribution in [1.82, 2.24) is 0 Å². The van der Waals surface area contributed by atoms with Gasteiger partial charge in [-0.3, -0.25) is 0 Å². The van der Waals surface area contributed by atoms with Gasteiger partial charge in [0, 0.05) is 5.56 Å². The zero-order valence-corrected chi connectivity index (χ0v) is 10.8. The fourth-order valence-corrected chi connectivity index (χ4v) is 2.34. The number of halogens is 3. The van der Waals surface area contributed by atoms with E-state index in [2.05, 4.69) is 0 Å². The summed E-state index contributed by atoms with van der Waals surface area (Å²) in [7, 11) is 1.30. The maximum Gasteiger partial charge on any atom is 0.267 e. The van der Waals surface area contributed by atoms with Gasteiger partial charge in [-0.2, -0.15) is 8.78 Å². The lowest BCUT2D eigenvalue weighted by Crippen LogP contribution is -2.14. The Bertz CT molecular complexity index is 698. The fourth-order valence-electron chi connectivity index (χ4n) is 2.34. The first-order chi connectivity index (χ1) is 9.54. The molecule has 0 spiro atoms. The average molecular weight is 280 g/mol. The van der Waals surface area contributed by atoms with Crippen molar-refractivity contribution in [2.24, 2.45) is 0 Å². The zero-order valence-electron chi connectivity index (χ0n) is 10.8. The first kappa shape index (κ1) is 12.8. The zero-order chi connectivity index (χ0) is 14.4. The lowest BCUT2D eigenvalue weighted by atomic mass is 9.94. The molecule has 104 valence electrons. The maximum absolute atomic E-state index is 14.1. The van der Waals surface area contributed by atoms with E-state index in [1.54, 1.807) is 6.07 Å². The first-order valence-corrected chi connectivity index (χ1v) is 6.01. The molecule has 3 rings (SSSR count). The van der Waals surface area contributed by atoms with Gasteiger partial charge in [-0.15, -0.1) is 0 Å². The Morgan fingerprint density at radius 1 is 1.05 bits per heavy atom. The second kappa shape index (κ2) is 4.44. The molecule has 0 fully saturated rings. The molecular weight excluding hydrogens is 269 g/mol. The summed E-state index contributed by atoms with van der Waals surface area (Å²) in [6.45, 7) is 1.53. The van der Waals surface area contributed by atoms with E-state index in [0.717, 1.165) is 0 Å². The molecule has 1 aliphatic heterocycles. The molecule has 0 radical (unpaired) electrons.